The molecule has 6 nitrogen and oxygen atoms in total. The first-order chi connectivity index (χ1) is 13.8. The molecule has 3 aromatic rings. The van der Waals surface area contributed by atoms with Gasteiger partial charge in [0.15, 0.2) is 5.78 Å². The van der Waals surface area contributed by atoms with Crippen molar-refractivity contribution in [3.05, 3.63) is 88.9 Å². The summed E-state index contributed by atoms with van der Waals surface area (Å²) in [5, 5.41) is 3.24. The quantitative estimate of drug-likeness (QED) is 0.561. The van der Waals surface area contributed by atoms with Crippen LogP contribution in [0.4, 0.5) is 11.4 Å². The van der Waals surface area contributed by atoms with Crippen molar-refractivity contribution in [2.75, 3.05) is 10.0 Å². The molecule has 0 heterocycles. The fourth-order valence-corrected chi connectivity index (χ4v) is 3.78. The van der Waals surface area contributed by atoms with Crippen LogP contribution in [0.2, 0.25) is 5.02 Å². The molecule has 0 saturated carbocycles. The van der Waals surface area contributed by atoms with Gasteiger partial charge in [0.1, 0.15) is 0 Å². The topological polar surface area (TPSA) is 92.3 Å². The number of hydrogen-bond acceptors (Lipinski definition) is 4. The molecule has 3 aromatic carbocycles. The van der Waals surface area contributed by atoms with E-state index in [0.717, 1.165) is 0 Å². The van der Waals surface area contributed by atoms with Crippen LogP contribution in [0, 0.1) is 0 Å². The lowest BCUT2D eigenvalue weighted by atomic mass is 10.1. The van der Waals surface area contributed by atoms with Crippen molar-refractivity contribution in [1.29, 1.82) is 0 Å². The number of hydrogen-bond donors (Lipinski definition) is 2. The zero-order valence-electron chi connectivity index (χ0n) is 15.3. The second-order valence-electron chi connectivity index (χ2n) is 6.19. The van der Waals surface area contributed by atoms with Gasteiger partial charge in [-0.3, -0.25) is 14.3 Å². The molecule has 148 valence electrons. The molecule has 29 heavy (non-hydrogen) atoms. The highest BCUT2D eigenvalue weighted by Gasteiger charge is 2.19. The fraction of sp³-hybridized carbons (Fsp3) is 0.0476. The number of anilines is 2. The third-order valence-electron chi connectivity index (χ3n) is 4.09. The van der Waals surface area contributed by atoms with Gasteiger partial charge in [-0.2, -0.15) is 0 Å². The number of para-hydroxylation sites is 1. The number of Topliss-reactive ketones (excluding diaryl/α,β-unsaturated/α-hetero) is 1. The first kappa shape index (κ1) is 20.6. The van der Waals surface area contributed by atoms with Crippen LogP contribution in [0.3, 0.4) is 0 Å². The van der Waals surface area contributed by atoms with Gasteiger partial charge in [-0.25, -0.2) is 8.42 Å². The van der Waals surface area contributed by atoms with Crippen molar-refractivity contribution >= 4 is 44.7 Å². The molecular weight excluding hydrogens is 412 g/mol. The Bertz CT molecular complexity index is 1160. The summed E-state index contributed by atoms with van der Waals surface area (Å²) < 4.78 is 27.9. The van der Waals surface area contributed by atoms with E-state index in [1.165, 1.54) is 43.3 Å². The minimum absolute atomic E-state index is 0.0181. The normalized spacial score (nSPS) is 11.0. The van der Waals surface area contributed by atoms with Crippen LogP contribution in [-0.2, 0) is 10.0 Å². The summed E-state index contributed by atoms with van der Waals surface area (Å²) in [6.45, 7) is 1.40. The Kier molecular flexibility index (Phi) is 6.00. The van der Waals surface area contributed by atoms with Crippen molar-refractivity contribution in [1.82, 2.24) is 0 Å². The van der Waals surface area contributed by atoms with E-state index in [0.29, 0.717) is 16.3 Å². The SMILES string of the molecule is CC(=O)c1ccc(S(=O)(=O)Nc2ccccc2C(=O)Nc2ccc(Cl)cc2)cc1. The number of nitrogens with one attached hydrogen (secondary N) is 2. The number of benzene rings is 3. The Balaban J connectivity index is 1.85. The summed E-state index contributed by atoms with van der Waals surface area (Å²) in [6.07, 6.45) is 0. The van der Waals surface area contributed by atoms with Crippen LogP contribution in [-0.4, -0.2) is 20.1 Å². The number of amides is 1. The minimum atomic E-state index is -3.95. The Hall–Kier alpha value is -3.16. The van der Waals surface area contributed by atoms with Gasteiger partial charge >= 0.3 is 0 Å². The average molecular weight is 429 g/mol. The molecule has 1 amide bonds. The van der Waals surface area contributed by atoms with E-state index >= 15 is 0 Å². The molecular formula is C21H17ClN2O4S. The number of sulfonamides is 1. The predicted molar refractivity (Wildman–Crippen MR) is 113 cm³/mol. The molecule has 0 fully saturated rings. The van der Waals surface area contributed by atoms with E-state index in [2.05, 4.69) is 10.0 Å². The van der Waals surface area contributed by atoms with Gasteiger partial charge in [0.25, 0.3) is 15.9 Å². The van der Waals surface area contributed by atoms with Crippen molar-refractivity contribution in [2.24, 2.45) is 0 Å². The zero-order valence-corrected chi connectivity index (χ0v) is 16.9. The average Bonchev–Trinajstić information content (AvgIpc) is 2.70. The molecule has 0 aromatic heterocycles. The molecule has 3 rings (SSSR count). The number of ketones is 1. The Morgan fingerprint density at radius 1 is 0.862 bits per heavy atom. The predicted octanol–water partition coefficient (Wildman–Crippen LogP) is 4.60. The number of carbonyl (C=O) groups excluding carboxylic acids is 2. The van der Waals surface area contributed by atoms with Crippen molar-refractivity contribution < 1.29 is 18.0 Å². The van der Waals surface area contributed by atoms with Crippen LogP contribution in [0.1, 0.15) is 27.6 Å². The number of rotatable bonds is 6. The van der Waals surface area contributed by atoms with Crippen LogP contribution in [0.25, 0.3) is 0 Å². The van der Waals surface area contributed by atoms with Crippen molar-refractivity contribution in [2.45, 2.75) is 11.8 Å². The number of carbonyl (C=O) groups is 2. The maximum atomic E-state index is 12.7. The molecule has 0 aliphatic heterocycles. The Labute approximate surface area is 173 Å². The third-order valence-corrected chi connectivity index (χ3v) is 5.72. The van der Waals surface area contributed by atoms with Crippen LogP contribution in [0.15, 0.2) is 77.7 Å². The van der Waals surface area contributed by atoms with Crippen molar-refractivity contribution in [3.63, 3.8) is 0 Å². The minimum Gasteiger partial charge on any atom is -0.322 e. The lowest BCUT2D eigenvalue weighted by Gasteiger charge is -2.13. The monoisotopic (exact) mass is 428 g/mol. The molecule has 0 unspecified atom stereocenters. The Morgan fingerprint density at radius 2 is 1.48 bits per heavy atom. The summed E-state index contributed by atoms with van der Waals surface area (Å²) in [5.74, 6) is -0.635. The number of halogens is 1. The van der Waals surface area contributed by atoms with E-state index in [4.69, 9.17) is 11.6 Å². The maximum absolute atomic E-state index is 12.7. The first-order valence-electron chi connectivity index (χ1n) is 8.56. The van der Waals surface area contributed by atoms with Gasteiger partial charge in [-0.15, -0.1) is 0 Å². The van der Waals surface area contributed by atoms with Gasteiger partial charge < -0.3 is 5.32 Å². The lowest BCUT2D eigenvalue weighted by Crippen LogP contribution is -2.18. The Morgan fingerprint density at radius 3 is 2.10 bits per heavy atom. The highest BCUT2D eigenvalue weighted by molar-refractivity contribution is 7.92. The molecule has 0 radical (unpaired) electrons. The summed E-state index contributed by atoms with van der Waals surface area (Å²) in [5.41, 5.74) is 1.23. The molecule has 2 N–H and O–H groups in total. The van der Waals surface area contributed by atoms with Gasteiger partial charge in [0, 0.05) is 16.3 Å². The lowest BCUT2D eigenvalue weighted by molar-refractivity contribution is 0.101. The van der Waals surface area contributed by atoms with Crippen LogP contribution < -0.4 is 10.0 Å². The van der Waals surface area contributed by atoms with Gasteiger partial charge in [-0.1, -0.05) is 35.9 Å². The van der Waals surface area contributed by atoms with Gasteiger partial charge in [-0.05, 0) is 55.5 Å². The second kappa shape index (κ2) is 8.46. The van der Waals surface area contributed by atoms with Gasteiger partial charge in [0.05, 0.1) is 16.1 Å². The summed E-state index contributed by atoms with van der Waals surface area (Å²) in [7, 11) is -3.95. The third kappa shape index (κ3) is 5.01. The maximum Gasteiger partial charge on any atom is 0.261 e. The molecule has 8 heteroatoms. The molecule has 0 aliphatic rings. The highest BCUT2D eigenvalue weighted by Crippen LogP contribution is 2.22. The summed E-state index contributed by atoms with van der Waals surface area (Å²) in [6, 6.07) is 18.4. The van der Waals surface area contributed by atoms with E-state index in [1.54, 1.807) is 36.4 Å². The molecule has 0 spiro atoms. The highest BCUT2D eigenvalue weighted by atomic mass is 35.5. The van der Waals surface area contributed by atoms with Crippen LogP contribution >= 0.6 is 11.6 Å². The van der Waals surface area contributed by atoms with E-state index in [9.17, 15) is 18.0 Å². The van der Waals surface area contributed by atoms with Crippen LogP contribution in [0.5, 0.6) is 0 Å². The summed E-state index contributed by atoms with van der Waals surface area (Å²) in [4.78, 5) is 24.0. The molecule has 0 atom stereocenters. The molecule has 0 bridgehead atoms. The standard InChI is InChI=1S/C21H17ClN2O4S/c1-14(25)15-6-12-18(13-7-15)29(27,28)24-20-5-3-2-4-19(20)21(26)23-17-10-8-16(22)9-11-17/h2-13,24H,1H3,(H,23,26). The molecule has 0 aliphatic carbocycles. The molecule has 0 saturated heterocycles. The fourth-order valence-electron chi connectivity index (χ4n) is 2.57. The summed E-state index contributed by atoms with van der Waals surface area (Å²) >= 11 is 5.84. The van der Waals surface area contributed by atoms with E-state index < -0.39 is 15.9 Å². The zero-order chi connectivity index (χ0) is 21.0. The second-order valence-corrected chi connectivity index (χ2v) is 8.31. The van der Waals surface area contributed by atoms with Gasteiger partial charge in [0.2, 0.25) is 0 Å². The van der Waals surface area contributed by atoms with Crippen molar-refractivity contribution in [3.8, 4) is 0 Å². The smallest absolute Gasteiger partial charge is 0.261 e. The van der Waals surface area contributed by atoms with E-state index in [1.807, 2.05) is 0 Å². The van der Waals surface area contributed by atoms with E-state index in [-0.39, 0.29) is 21.9 Å². The largest absolute Gasteiger partial charge is 0.322 e. The first-order valence-corrected chi connectivity index (χ1v) is 10.4.